The summed E-state index contributed by atoms with van der Waals surface area (Å²) in [7, 11) is 1.64. The van der Waals surface area contributed by atoms with E-state index in [0.29, 0.717) is 24.1 Å². The van der Waals surface area contributed by atoms with E-state index in [2.05, 4.69) is 20.4 Å². The molecule has 9 heteroatoms. The molecule has 0 aliphatic heterocycles. The first-order chi connectivity index (χ1) is 15.8. The van der Waals surface area contributed by atoms with Crippen LogP contribution in [0.2, 0.25) is 0 Å². The largest absolute Gasteiger partial charge is 0.497 e. The zero-order chi connectivity index (χ0) is 21.8. The van der Waals surface area contributed by atoms with Crippen LogP contribution in [0.15, 0.2) is 87.0 Å². The van der Waals surface area contributed by atoms with Gasteiger partial charge in [-0.05, 0) is 48.5 Å². The van der Waals surface area contributed by atoms with Gasteiger partial charge < -0.3 is 13.6 Å². The Morgan fingerprint density at radius 3 is 2.47 bits per heavy atom. The van der Waals surface area contributed by atoms with Gasteiger partial charge in [-0.25, -0.2) is 0 Å². The number of furan rings is 1. The fraction of sp³-hybridized carbons (Fsp3) is 0.130. The molecule has 0 radical (unpaired) electrons. The van der Waals surface area contributed by atoms with Crippen molar-refractivity contribution in [3.05, 3.63) is 84.6 Å². The first-order valence-electron chi connectivity index (χ1n) is 9.91. The summed E-state index contributed by atoms with van der Waals surface area (Å²) < 4.78 is 18.7. The summed E-state index contributed by atoms with van der Waals surface area (Å²) >= 11 is 1.48. The fourth-order valence-corrected chi connectivity index (χ4v) is 3.96. The smallest absolute Gasteiger partial charge is 0.247 e. The van der Waals surface area contributed by atoms with Gasteiger partial charge in [-0.2, -0.15) is 0 Å². The topological polar surface area (TPSA) is 92.0 Å². The summed E-state index contributed by atoms with van der Waals surface area (Å²) in [6, 6.07) is 21.2. The van der Waals surface area contributed by atoms with Crippen molar-refractivity contribution in [3.63, 3.8) is 0 Å². The van der Waals surface area contributed by atoms with Crippen molar-refractivity contribution < 1.29 is 13.6 Å². The van der Waals surface area contributed by atoms with Gasteiger partial charge in [0.15, 0.2) is 11.0 Å². The Kier molecular flexibility index (Phi) is 5.71. The predicted octanol–water partition coefficient (Wildman–Crippen LogP) is 4.94. The molecule has 0 fully saturated rings. The molecule has 0 amide bonds. The van der Waals surface area contributed by atoms with Gasteiger partial charge in [0.1, 0.15) is 11.5 Å². The SMILES string of the molecule is COc1ccc(-c2nnc(SCc3nnc(-c4ccccc4)o3)n2Cc2ccco2)cc1. The van der Waals surface area contributed by atoms with E-state index in [9.17, 15) is 0 Å². The molecule has 0 spiro atoms. The first-order valence-corrected chi connectivity index (χ1v) is 10.9. The maximum Gasteiger partial charge on any atom is 0.247 e. The molecule has 0 unspecified atom stereocenters. The molecule has 0 atom stereocenters. The van der Waals surface area contributed by atoms with Gasteiger partial charge >= 0.3 is 0 Å². The van der Waals surface area contributed by atoms with Crippen molar-refractivity contribution in [3.8, 4) is 28.6 Å². The Morgan fingerprint density at radius 1 is 0.875 bits per heavy atom. The maximum atomic E-state index is 5.82. The maximum absolute atomic E-state index is 5.82. The monoisotopic (exact) mass is 445 g/mol. The highest BCUT2D eigenvalue weighted by molar-refractivity contribution is 7.98. The van der Waals surface area contributed by atoms with Gasteiger partial charge in [0.25, 0.3) is 0 Å². The number of hydrogen-bond acceptors (Lipinski definition) is 8. The number of hydrogen-bond donors (Lipinski definition) is 0. The zero-order valence-electron chi connectivity index (χ0n) is 17.2. The average molecular weight is 446 g/mol. The van der Waals surface area contributed by atoms with Crippen LogP contribution in [0.25, 0.3) is 22.8 Å². The van der Waals surface area contributed by atoms with Crippen molar-refractivity contribution in [2.24, 2.45) is 0 Å². The second-order valence-corrected chi connectivity index (χ2v) is 7.80. The average Bonchev–Trinajstić information content (AvgIpc) is 3.61. The molecule has 5 rings (SSSR count). The lowest BCUT2D eigenvalue weighted by molar-refractivity contribution is 0.415. The molecule has 3 heterocycles. The Balaban J connectivity index is 1.39. The molecule has 0 bridgehead atoms. The Bertz CT molecular complexity index is 1280. The molecule has 0 saturated heterocycles. The lowest BCUT2D eigenvalue weighted by Crippen LogP contribution is -2.03. The van der Waals surface area contributed by atoms with Crippen LogP contribution in [0.4, 0.5) is 0 Å². The third-order valence-corrected chi connectivity index (χ3v) is 5.72. The van der Waals surface area contributed by atoms with Crippen molar-refractivity contribution in [1.82, 2.24) is 25.0 Å². The minimum absolute atomic E-state index is 0.471. The molecule has 160 valence electrons. The van der Waals surface area contributed by atoms with Gasteiger partial charge in [-0.3, -0.25) is 4.57 Å². The van der Waals surface area contributed by atoms with Gasteiger partial charge in [0, 0.05) is 11.1 Å². The number of ether oxygens (including phenoxy) is 1. The highest BCUT2D eigenvalue weighted by Crippen LogP contribution is 2.29. The second-order valence-electron chi connectivity index (χ2n) is 6.86. The molecule has 0 aliphatic carbocycles. The molecule has 5 aromatic rings. The molecular formula is C23H19N5O3S. The summed E-state index contributed by atoms with van der Waals surface area (Å²) in [4.78, 5) is 0. The van der Waals surface area contributed by atoms with Gasteiger partial charge in [-0.1, -0.05) is 30.0 Å². The lowest BCUT2D eigenvalue weighted by Gasteiger charge is -2.09. The number of thioether (sulfide) groups is 1. The van der Waals surface area contributed by atoms with Gasteiger partial charge in [-0.15, -0.1) is 20.4 Å². The Hall–Kier alpha value is -3.85. The number of rotatable bonds is 8. The minimum atomic E-state index is 0.471. The third-order valence-electron chi connectivity index (χ3n) is 4.77. The van der Waals surface area contributed by atoms with E-state index in [-0.39, 0.29) is 0 Å². The zero-order valence-corrected chi connectivity index (χ0v) is 18.0. The van der Waals surface area contributed by atoms with Crippen molar-refractivity contribution >= 4 is 11.8 Å². The van der Waals surface area contributed by atoms with Gasteiger partial charge in [0.05, 0.1) is 25.7 Å². The van der Waals surface area contributed by atoms with Crippen LogP contribution in [0, 0.1) is 0 Å². The normalized spacial score (nSPS) is 11.0. The standard InChI is InChI=1S/C23H19N5O3S/c1-29-18-11-9-16(10-12-18)21-25-27-23(28(21)14-19-8-5-13-30-19)32-15-20-24-26-22(31-20)17-6-3-2-4-7-17/h2-13H,14-15H2,1H3. The minimum Gasteiger partial charge on any atom is -0.497 e. The highest BCUT2D eigenvalue weighted by Gasteiger charge is 2.17. The predicted molar refractivity (Wildman–Crippen MR) is 119 cm³/mol. The molecule has 3 aromatic heterocycles. The Labute approximate surface area is 188 Å². The van der Waals surface area contributed by atoms with Gasteiger partial charge in [0.2, 0.25) is 11.8 Å². The second kappa shape index (κ2) is 9.11. The van der Waals surface area contributed by atoms with E-state index in [1.807, 2.05) is 71.3 Å². The van der Waals surface area contributed by atoms with Crippen LogP contribution in [0.3, 0.4) is 0 Å². The number of nitrogens with zero attached hydrogens (tertiary/aromatic N) is 5. The molecular weight excluding hydrogens is 426 g/mol. The van der Waals surface area contributed by atoms with E-state index in [1.165, 1.54) is 11.8 Å². The van der Waals surface area contributed by atoms with E-state index in [1.54, 1.807) is 13.4 Å². The van der Waals surface area contributed by atoms with Crippen LogP contribution < -0.4 is 4.74 Å². The summed E-state index contributed by atoms with van der Waals surface area (Å²) in [5, 5.41) is 17.9. The molecule has 0 aliphatic rings. The number of aromatic nitrogens is 5. The van der Waals surface area contributed by atoms with E-state index < -0.39 is 0 Å². The molecule has 32 heavy (non-hydrogen) atoms. The van der Waals surface area contributed by atoms with Crippen LogP contribution >= 0.6 is 11.8 Å². The summed E-state index contributed by atoms with van der Waals surface area (Å²) in [5.41, 5.74) is 1.82. The lowest BCUT2D eigenvalue weighted by atomic mass is 10.2. The summed E-state index contributed by atoms with van der Waals surface area (Å²) in [6.07, 6.45) is 1.66. The van der Waals surface area contributed by atoms with E-state index in [0.717, 1.165) is 33.6 Å². The van der Waals surface area contributed by atoms with Crippen LogP contribution in [-0.4, -0.2) is 32.1 Å². The van der Waals surface area contributed by atoms with E-state index in [4.69, 9.17) is 13.6 Å². The van der Waals surface area contributed by atoms with Crippen LogP contribution in [0.1, 0.15) is 11.7 Å². The molecule has 0 N–H and O–H groups in total. The summed E-state index contributed by atoms with van der Waals surface area (Å²) in [5.74, 6) is 3.82. The fourth-order valence-electron chi connectivity index (χ4n) is 3.19. The van der Waals surface area contributed by atoms with Crippen molar-refractivity contribution in [1.29, 1.82) is 0 Å². The van der Waals surface area contributed by atoms with Crippen LogP contribution in [0.5, 0.6) is 5.75 Å². The van der Waals surface area contributed by atoms with Crippen LogP contribution in [-0.2, 0) is 12.3 Å². The summed E-state index contributed by atoms with van der Waals surface area (Å²) in [6.45, 7) is 0.503. The molecule has 0 saturated carbocycles. The van der Waals surface area contributed by atoms with Crippen molar-refractivity contribution in [2.75, 3.05) is 7.11 Å². The molecule has 8 nitrogen and oxygen atoms in total. The third kappa shape index (κ3) is 4.28. The van der Waals surface area contributed by atoms with Crippen molar-refractivity contribution in [2.45, 2.75) is 17.5 Å². The van der Waals surface area contributed by atoms with E-state index >= 15 is 0 Å². The Morgan fingerprint density at radius 2 is 1.72 bits per heavy atom. The number of methoxy groups -OCH3 is 1. The number of benzene rings is 2. The highest BCUT2D eigenvalue weighted by atomic mass is 32.2. The first kappa shape index (κ1) is 20.1. The quantitative estimate of drug-likeness (QED) is 0.310. The molecule has 2 aromatic carbocycles.